The number of amides is 1. The number of nitrogens with one attached hydrogen (secondary N) is 1. The molecule has 0 unspecified atom stereocenters. The highest BCUT2D eigenvalue weighted by atomic mass is 16.2. The minimum atomic E-state index is -0.268. The Labute approximate surface area is 125 Å². The summed E-state index contributed by atoms with van der Waals surface area (Å²) in [6.07, 6.45) is 1.68. The Morgan fingerprint density at radius 3 is 2.71 bits per heavy atom. The highest BCUT2D eigenvalue weighted by molar-refractivity contribution is 6.06. The summed E-state index contributed by atoms with van der Waals surface area (Å²) in [6.45, 7) is 8.82. The van der Waals surface area contributed by atoms with E-state index in [0.717, 1.165) is 16.8 Å². The van der Waals surface area contributed by atoms with Gasteiger partial charge in [0.25, 0.3) is 5.91 Å². The highest BCUT2D eigenvalue weighted by Crippen LogP contribution is 2.28. The second-order valence-electron chi connectivity index (χ2n) is 5.44. The minimum Gasteiger partial charge on any atom is -0.396 e. The average Bonchev–Trinajstić information content (AvgIpc) is 2.82. The van der Waals surface area contributed by atoms with Crippen molar-refractivity contribution >= 4 is 17.3 Å². The SMILES string of the molecule is CCn1cc(N)c(C(=O)Nc2c(C)cccc2C(C)C)n1. The number of hydrogen-bond donors (Lipinski definition) is 2. The summed E-state index contributed by atoms with van der Waals surface area (Å²) >= 11 is 0. The standard InChI is InChI=1S/C16H22N4O/c1-5-20-9-13(17)15(19-20)16(21)18-14-11(4)7-6-8-12(14)10(2)3/h6-10H,5,17H2,1-4H3,(H,18,21). The maximum absolute atomic E-state index is 12.4. The molecule has 5 heteroatoms. The lowest BCUT2D eigenvalue weighted by Crippen LogP contribution is -2.17. The Morgan fingerprint density at radius 1 is 1.43 bits per heavy atom. The molecule has 0 aliphatic rings. The van der Waals surface area contributed by atoms with Gasteiger partial charge in [0.05, 0.1) is 5.69 Å². The largest absolute Gasteiger partial charge is 0.396 e. The number of carbonyl (C=O) groups is 1. The van der Waals surface area contributed by atoms with Crippen LogP contribution < -0.4 is 11.1 Å². The van der Waals surface area contributed by atoms with Gasteiger partial charge in [-0.05, 0) is 30.9 Å². The molecular weight excluding hydrogens is 264 g/mol. The number of rotatable bonds is 4. The van der Waals surface area contributed by atoms with Crippen molar-refractivity contribution in [2.24, 2.45) is 0 Å². The molecule has 1 aromatic carbocycles. The topological polar surface area (TPSA) is 72.9 Å². The molecule has 1 heterocycles. The van der Waals surface area contributed by atoms with Gasteiger partial charge in [-0.2, -0.15) is 5.10 Å². The van der Waals surface area contributed by atoms with E-state index in [2.05, 4.69) is 24.3 Å². The molecule has 0 aliphatic carbocycles. The van der Waals surface area contributed by atoms with E-state index < -0.39 is 0 Å². The van der Waals surface area contributed by atoms with Gasteiger partial charge in [-0.25, -0.2) is 0 Å². The molecule has 0 spiro atoms. The fraction of sp³-hybridized carbons (Fsp3) is 0.375. The fourth-order valence-corrected chi connectivity index (χ4v) is 2.29. The molecular formula is C16H22N4O. The van der Waals surface area contributed by atoms with E-state index in [4.69, 9.17) is 5.73 Å². The Morgan fingerprint density at radius 2 is 2.14 bits per heavy atom. The van der Waals surface area contributed by atoms with Gasteiger partial charge in [-0.1, -0.05) is 32.0 Å². The van der Waals surface area contributed by atoms with E-state index >= 15 is 0 Å². The molecule has 1 aromatic heterocycles. The number of para-hydroxylation sites is 1. The van der Waals surface area contributed by atoms with Crippen molar-refractivity contribution in [1.29, 1.82) is 0 Å². The first-order valence-electron chi connectivity index (χ1n) is 7.17. The molecule has 0 bridgehead atoms. The van der Waals surface area contributed by atoms with Gasteiger partial charge in [0, 0.05) is 18.4 Å². The third-order valence-electron chi connectivity index (χ3n) is 3.49. The summed E-state index contributed by atoms with van der Waals surface area (Å²) in [6, 6.07) is 6.01. The van der Waals surface area contributed by atoms with Gasteiger partial charge in [0.2, 0.25) is 0 Å². The van der Waals surface area contributed by atoms with Gasteiger partial charge in [-0.3, -0.25) is 9.48 Å². The van der Waals surface area contributed by atoms with Crippen LogP contribution in [0, 0.1) is 6.92 Å². The molecule has 0 aliphatic heterocycles. The first kappa shape index (κ1) is 15.1. The third kappa shape index (κ3) is 3.07. The fourth-order valence-electron chi connectivity index (χ4n) is 2.29. The van der Waals surface area contributed by atoms with Gasteiger partial charge in [-0.15, -0.1) is 0 Å². The number of benzene rings is 1. The van der Waals surface area contributed by atoms with Crippen molar-refractivity contribution in [3.8, 4) is 0 Å². The molecule has 3 N–H and O–H groups in total. The number of nitrogen functional groups attached to an aromatic ring is 1. The van der Waals surface area contributed by atoms with Crippen LogP contribution in [-0.4, -0.2) is 15.7 Å². The minimum absolute atomic E-state index is 0.268. The van der Waals surface area contributed by atoms with Crippen molar-refractivity contribution in [1.82, 2.24) is 9.78 Å². The van der Waals surface area contributed by atoms with E-state index in [1.165, 1.54) is 0 Å². The van der Waals surface area contributed by atoms with Crippen LogP contribution in [0.1, 0.15) is 48.3 Å². The van der Waals surface area contributed by atoms with E-state index in [-0.39, 0.29) is 11.6 Å². The van der Waals surface area contributed by atoms with Gasteiger partial charge < -0.3 is 11.1 Å². The Kier molecular flexibility index (Phi) is 4.31. The quantitative estimate of drug-likeness (QED) is 0.906. The predicted molar refractivity (Wildman–Crippen MR) is 85.5 cm³/mol. The second-order valence-corrected chi connectivity index (χ2v) is 5.44. The molecule has 0 fully saturated rings. The first-order valence-corrected chi connectivity index (χ1v) is 7.17. The molecule has 0 atom stereocenters. The summed E-state index contributed by atoms with van der Waals surface area (Å²) in [7, 11) is 0. The third-order valence-corrected chi connectivity index (χ3v) is 3.49. The van der Waals surface area contributed by atoms with Gasteiger partial charge in [0.15, 0.2) is 5.69 Å². The molecule has 2 aromatic rings. The van der Waals surface area contributed by atoms with Gasteiger partial charge >= 0.3 is 0 Å². The molecule has 21 heavy (non-hydrogen) atoms. The number of nitrogens with two attached hydrogens (primary N) is 1. The van der Waals surface area contributed by atoms with Crippen LogP contribution in [-0.2, 0) is 6.54 Å². The van der Waals surface area contributed by atoms with Crippen LogP contribution in [0.3, 0.4) is 0 Å². The summed E-state index contributed by atoms with van der Waals surface area (Å²) in [4.78, 5) is 12.4. The first-order chi connectivity index (χ1) is 9.93. The second kappa shape index (κ2) is 5.99. The average molecular weight is 286 g/mol. The Bertz CT molecular complexity index is 658. The number of aromatic nitrogens is 2. The molecule has 0 saturated carbocycles. The van der Waals surface area contributed by atoms with Crippen molar-refractivity contribution in [2.75, 3.05) is 11.1 Å². The maximum Gasteiger partial charge on any atom is 0.278 e. The Hall–Kier alpha value is -2.30. The van der Waals surface area contributed by atoms with Crippen molar-refractivity contribution < 1.29 is 4.79 Å². The van der Waals surface area contributed by atoms with Crippen molar-refractivity contribution in [3.05, 3.63) is 41.2 Å². The zero-order chi connectivity index (χ0) is 15.6. The smallest absolute Gasteiger partial charge is 0.278 e. The van der Waals surface area contributed by atoms with Crippen LogP contribution in [0.15, 0.2) is 24.4 Å². The zero-order valence-corrected chi connectivity index (χ0v) is 13.0. The number of nitrogens with zero attached hydrogens (tertiary/aromatic N) is 2. The van der Waals surface area contributed by atoms with Crippen LogP contribution in [0.5, 0.6) is 0 Å². The number of anilines is 2. The lowest BCUT2D eigenvalue weighted by molar-refractivity contribution is 0.102. The molecule has 112 valence electrons. The summed E-state index contributed by atoms with van der Waals surface area (Å²) in [5.74, 6) is 0.0571. The van der Waals surface area contributed by atoms with Crippen LogP contribution in [0.2, 0.25) is 0 Å². The Balaban J connectivity index is 2.33. The lowest BCUT2D eigenvalue weighted by Gasteiger charge is -2.16. The number of aryl methyl sites for hydroxylation is 2. The lowest BCUT2D eigenvalue weighted by atomic mass is 9.98. The zero-order valence-electron chi connectivity index (χ0n) is 13.0. The monoisotopic (exact) mass is 286 g/mol. The van der Waals surface area contributed by atoms with Crippen molar-refractivity contribution in [2.45, 2.75) is 40.2 Å². The number of carbonyl (C=O) groups excluding carboxylic acids is 1. The van der Waals surface area contributed by atoms with Crippen molar-refractivity contribution in [3.63, 3.8) is 0 Å². The van der Waals surface area contributed by atoms with E-state index in [9.17, 15) is 4.79 Å². The van der Waals surface area contributed by atoms with Crippen LogP contribution >= 0.6 is 0 Å². The predicted octanol–water partition coefficient (Wildman–Crippen LogP) is 3.17. The summed E-state index contributed by atoms with van der Waals surface area (Å²) in [5.41, 5.74) is 9.52. The maximum atomic E-state index is 12.4. The molecule has 1 amide bonds. The highest BCUT2D eigenvalue weighted by Gasteiger charge is 2.18. The normalized spacial score (nSPS) is 10.9. The molecule has 5 nitrogen and oxygen atoms in total. The summed E-state index contributed by atoms with van der Waals surface area (Å²) < 4.78 is 1.66. The number of hydrogen-bond acceptors (Lipinski definition) is 3. The van der Waals surface area contributed by atoms with Crippen LogP contribution in [0.25, 0.3) is 0 Å². The van der Waals surface area contributed by atoms with Crippen LogP contribution in [0.4, 0.5) is 11.4 Å². The molecule has 0 radical (unpaired) electrons. The molecule has 0 saturated heterocycles. The molecule has 2 rings (SSSR count). The summed E-state index contributed by atoms with van der Waals surface area (Å²) in [5, 5.41) is 7.17. The van der Waals surface area contributed by atoms with E-state index in [1.54, 1.807) is 10.9 Å². The van der Waals surface area contributed by atoms with E-state index in [0.29, 0.717) is 18.2 Å². The van der Waals surface area contributed by atoms with Gasteiger partial charge in [0.1, 0.15) is 0 Å². The van der Waals surface area contributed by atoms with E-state index in [1.807, 2.05) is 32.0 Å².